The number of esters is 2. The van der Waals surface area contributed by atoms with Gasteiger partial charge in [-0.25, -0.2) is 28.6 Å². The van der Waals surface area contributed by atoms with E-state index in [-0.39, 0.29) is 54.9 Å². The molecule has 0 saturated heterocycles. The number of hydrogen-bond donors (Lipinski definition) is 4. The number of hydrogen-bond acceptors (Lipinski definition) is 12. The van der Waals surface area contributed by atoms with Crippen LogP contribution in [0.3, 0.4) is 0 Å². The highest BCUT2D eigenvalue weighted by Gasteiger charge is 2.25. The molecule has 0 aliphatic carbocycles. The molecule has 0 saturated carbocycles. The zero-order valence-corrected chi connectivity index (χ0v) is 35.0. The minimum Gasteiger partial charge on any atom is -0.481 e. The maximum atomic E-state index is 13.4. The largest absolute Gasteiger partial charge is 0.481 e. The van der Waals surface area contributed by atoms with E-state index >= 15 is 0 Å². The Hall–Kier alpha value is -6.86. The van der Waals surface area contributed by atoms with E-state index in [1.165, 1.54) is 36.4 Å². The molecule has 0 aliphatic rings. The molecule has 0 radical (unpaired) electrons. The summed E-state index contributed by atoms with van der Waals surface area (Å²) in [6.07, 6.45) is -0.835. The predicted molar refractivity (Wildman–Crippen MR) is 224 cm³/mol. The summed E-state index contributed by atoms with van der Waals surface area (Å²) in [7, 11) is 0. The molecule has 4 aromatic carbocycles. The lowest BCUT2D eigenvalue weighted by Gasteiger charge is -2.16. The molecule has 1 atom stereocenters. The molecule has 22 heteroatoms. The molecule has 0 spiro atoms. The van der Waals surface area contributed by atoms with Crippen LogP contribution >= 0.6 is 46.4 Å². The van der Waals surface area contributed by atoms with Gasteiger partial charge in [-0.1, -0.05) is 88.9 Å². The maximum absolute atomic E-state index is 13.4. The number of carbonyl (C=O) groups is 7. The number of carboxylic acids is 2. The molecular weight excluding hydrogens is 917 g/mol. The number of halogens is 5. The molecule has 1 heterocycles. The van der Waals surface area contributed by atoms with Crippen LogP contribution < -0.4 is 16.2 Å². The van der Waals surface area contributed by atoms with Crippen molar-refractivity contribution in [2.24, 2.45) is 0 Å². The van der Waals surface area contributed by atoms with E-state index in [1.54, 1.807) is 42.5 Å². The summed E-state index contributed by atoms with van der Waals surface area (Å²) >= 11 is 23.5. The van der Waals surface area contributed by atoms with Crippen molar-refractivity contribution >= 4 is 93.8 Å². The fraction of sp³-hybridized carbons (Fsp3) is 0.146. The van der Waals surface area contributed by atoms with Gasteiger partial charge < -0.3 is 29.7 Å². The topological polar surface area (TPSA) is 247 Å². The van der Waals surface area contributed by atoms with Crippen molar-refractivity contribution in [1.82, 2.24) is 14.9 Å². The lowest BCUT2D eigenvalue weighted by atomic mass is 10.2. The first-order valence-electron chi connectivity index (χ1n) is 17.8. The van der Waals surface area contributed by atoms with Crippen LogP contribution in [0.15, 0.2) is 102 Å². The van der Waals surface area contributed by atoms with Gasteiger partial charge in [-0.2, -0.15) is 0 Å². The first kappa shape index (κ1) is 48.8. The number of carboxylic acid groups (broad SMARTS) is 2. The number of carbonyl (C=O) groups excluding carboxylic acids is 5. The number of amides is 2. The van der Waals surface area contributed by atoms with E-state index in [0.29, 0.717) is 5.56 Å². The first-order chi connectivity index (χ1) is 29.9. The van der Waals surface area contributed by atoms with Crippen molar-refractivity contribution in [3.63, 3.8) is 0 Å². The second-order valence-electron chi connectivity index (χ2n) is 12.5. The number of ether oxygens (including phenoxy) is 3. The van der Waals surface area contributed by atoms with Crippen molar-refractivity contribution < 1.29 is 62.4 Å². The Morgan fingerprint density at radius 1 is 0.714 bits per heavy atom. The van der Waals surface area contributed by atoms with Crippen LogP contribution in [0.2, 0.25) is 20.1 Å². The summed E-state index contributed by atoms with van der Waals surface area (Å²) in [5, 5.41) is 22.7. The number of ketones is 1. The monoisotopic (exact) mass is 946 g/mol. The number of aromatic nitrogens is 2. The lowest BCUT2D eigenvalue weighted by molar-refractivity contribution is -0.147. The molecule has 4 N–H and O–H groups in total. The fourth-order valence-electron chi connectivity index (χ4n) is 5.05. The average Bonchev–Trinajstić information content (AvgIpc) is 3.23. The second kappa shape index (κ2) is 23.4. The predicted octanol–water partition coefficient (Wildman–Crippen LogP) is 6.73. The van der Waals surface area contributed by atoms with E-state index in [2.05, 4.69) is 10.3 Å². The van der Waals surface area contributed by atoms with Crippen LogP contribution in [0.4, 0.5) is 14.9 Å². The number of nitrogens with zero attached hydrogens (tertiary/aromatic N) is 2. The van der Waals surface area contributed by atoms with Crippen molar-refractivity contribution in [3.8, 4) is 11.4 Å². The number of anilines is 1. The molecule has 17 nitrogen and oxygen atoms in total. The molecule has 0 aliphatic heterocycles. The van der Waals surface area contributed by atoms with Crippen LogP contribution in [0.5, 0.6) is 0 Å². The smallest absolute Gasteiger partial charge is 0.412 e. The van der Waals surface area contributed by atoms with E-state index in [4.69, 9.17) is 65.7 Å². The number of rotatable bonds is 16. The van der Waals surface area contributed by atoms with Gasteiger partial charge in [-0.3, -0.25) is 29.1 Å². The minimum atomic E-state index is -1.75. The minimum absolute atomic E-state index is 0.0523. The summed E-state index contributed by atoms with van der Waals surface area (Å²) in [5.41, 5.74) is -0.411. The Morgan fingerprint density at radius 3 is 1.73 bits per heavy atom. The Labute approximate surface area is 375 Å². The fourth-order valence-corrected chi connectivity index (χ4v) is 6.15. The molecule has 328 valence electrons. The quantitative estimate of drug-likeness (QED) is 0.0592. The van der Waals surface area contributed by atoms with E-state index < -0.39 is 85.3 Å². The van der Waals surface area contributed by atoms with E-state index in [0.717, 1.165) is 22.9 Å². The van der Waals surface area contributed by atoms with Crippen molar-refractivity contribution in [1.29, 1.82) is 0 Å². The Morgan fingerprint density at radius 2 is 1.24 bits per heavy atom. The Balaban J connectivity index is 0.000000294. The summed E-state index contributed by atoms with van der Waals surface area (Å²) in [4.78, 5) is 99.9. The van der Waals surface area contributed by atoms with Crippen molar-refractivity contribution in [2.45, 2.75) is 25.6 Å². The Kier molecular flexibility index (Phi) is 18.1. The molecule has 0 fully saturated rings. The lowest BCUT2D eigenvalue weighted by Crippen LogP contribution is -2.44. The summed E-state index contributed by atoms with van der Waals surface area (Å²) < 4.78 is 29.0. The number of aliphatic carboxylic acids is 2. The normalized spacial score (nSPS) is 10.9. The highest BCUT2D eigenvalue weighted by Crippen LogP contribution is 2.26. The summed E-state index contributed by atoms with van der Waals surface area (Å²) in [6.45, 7) is -2.10. The third kappa shape index (κ3) is 14.6. The van der Waals surface area contributed by atoms with Crippen LogP contribution in [0.25, 0.3) is 11.4 Å². The SMILES string of the molecule is O=C(COC(=O)c1c(Cl)cccc1Cl)COC(=O)c1c(Cl)cccc1Cl.O=C(O)C[C@H](NC(=O)Cn1c(-c2ccc(F)cc2)ncc(NC(=O)OCc2ccccc2)c1=O)C(=O)O. The number of Topliss-reactive ketones (excluding diaryl/α,β-unsaturated/α-hetero) is 1. The van der Waals surface area contributed by atoms with Gasteiger partial charge in [0.2, 0.25) is 11.7 Å². The highest BCUT2D eigenvalue weighted by molar-refractivity contribution is 6.40. The maximum Gasteiger partial charge on any atom is 0.412 e. The molecule has 5 aromatic rings. The molecule has 0 unspecified atom stereocenters. The Bertz CT molecular complexity index is 2470. The molecule has 63 heavy (non-hydrogen) atoms. The van der Waals surface area contributed by atoms with Crippen LogP contribution in [0, 0.1) is 5.82 Å². The van der Waals surface area contributed by atoms with E-state index in [1.807, 2.05) is 5.32 Å². The summed E-state index contributed by atoms with van der Waals surface area (Å²) in [6, 6.07) is 20.8. The first-order valence-corrected chi connectivity index (χ1v) is 19.3. The molecule has 2 amide bonds. The van der Waals surface area contributed by atoms with Crippen LogP contribution in [-0.4, -0.2) is 80.7 Å². The molecule has 5 rings (SSSR count). The van der Waals surface area contributed by atoms with Gasteiger partial charge in [0, 0.05) is 5.56 Å². The molecular formula is C41H31Cl4FN4O13. The zero-order valence-electron chi connectivity index (χ0n) is 32.0. The number of benzene rings is 4. The van der Waals surface area contributed by atoms with E-state index in [9.17, 15) is 47.9 Å². The van der Waals surface area contributed by atoms with Gasteiger partial charge in [-0.15, -0.1) is 0 Å². The van der Waals surface area contributed by atoms with Crippen LogP contribution in [0.1, 0.15) is 32.7 Å². The zero-order chi connectivity index (χ0) is 46.2. The van der Waals surface area contributed by atoms with Gasteiger partial charge in [0.1, 0.15) is 36.5 Å². The second-order valence-corrected chi connectivity index (χ2v) is 14.1. The van der Waals surface area contributed by atoms with Crippen molar-refractivity contribution in [3.05, 3.63) is 150 Å². The van der Waals surface area contributed by atoms with Gasteiger partial charge in [0.05, 0.1) is 43.8 Å². The average molecular weight is 949 g/mol. The standard InChI is InChI=1S/C24H21FN4O8.C17H10Cl4O5/c25-16-8-6-15(7-9-16)21-26-11-18(28-24(36)37-13-14-4-2-1-3-5-14)22(33)29(21)12-19(30)27-17(23(34)35)10-20(31)32;18-10-3-1-4-11(19)14(10)16(23)25-7-9(22)8-26-17(24)15-12(20)5-2-6-13(15)21/h1-9,11,17H,10,12-13H2,(H,27,30)(H,28,36)(H,31,32)(H,34,35);1-6H,7-8H2/t17-;/m0./s1. The third-order valence-corrected chi connectivity index (χ3v) is 9.24. The van der Waals surface area contributed by atoms with Crippen molar-refractivity contribution in [2.75, 3.05) is 18.5 Å². The van der Waals surface area contributed by atoms with Crippen LogP contribution in [-0.2, 0) is 46.5 Å². The van der Waals surface area contributed by atoms with Gasteiger partial charge >= 0.3 is 30.0 Å². The summed E-state index contributed by atoms with van der Waals surface area (Å²) in [5.74, 6) is -7.09. The molecule has 0 bridgehead atoms. The number of nitrogens with one attached hydrogen (secondary N) is 2. The van der Waals surface area contributed by atoms with Gasteiger partial charge in [-0.05, 0) is 54.1 Å². The van der Waals surface area contributed by atoms with Gasteiger partial charge in [0.15, 0.2) is 13.2 Å². The highest BCUT2D eigenvalue weighted by atomic mass is 35.5. The van der Waals surface area contributed by atoms with Gasteiger partial charge in [0.25, 0.3) is 5.56 Å². The molecule has 1 aromatic heterocycles. The third-order valence-electron chi connectivity index (χ3n) is 7.98.